The highest BCUT2D eigenvalue weighted by molar-refractivity contribution is 7.89. The van der Waals surface area contributed by atoms with Gasteiger partial charge >= 0.3 is 0 Å². The van der Waals surface area contributed by atoms with Gasteiger partial charge in [-0.25, -0.2) is 22.5 Å². The van der Waals surface area contributed by atoms with Crippen LogP contribution in [0.15, 0.2) is 41.3 Å². The number of piperazine rings is 1. The summed E-state index contributed by atoms with van der Waals surface area (Å²) in [6.07, 6.45) is 4.62. The lowest BCUT2D eigenvalue weighted by Gasteiger charge is -2.58. The Morgan fingerprint density at radius 2 is 1.87 bits per heavy atom. The van der Waals surface area contributed by atoms with Crippen molar-refractivity contribution in [2.45, 2.75) is 61.6 Å². The van der Waals surface area contributed by atoms with Gasteiger partial charge in [0.05, 0.1) is 5.60 Å². The number of nitrogens with zero attached hydrogens (tertiary/aromatic N) is 3. The number of carbonyl (C=O) groups excluding carboxylic acids is 1. The number of carbonyl (C=O) groups is 1. The Bertz CT molecular complexity index is 1370. The van der Waals surface area contributed by atoms with Crippen LogP contribution in [-0.2, 0) is 10.0 Å². The van der Waals surface area contributed by atoms with Crippen LogP contribution in [0.3, 0.4) is 0 Å². The van der Waals surface area contributed by atoms with E-state index < -0.39 is 21.4 Å². The summed E-state index contributed by atoms with van der Waals surface area (Å²) in [7, 11) is -2.61. The highest BCUT2D eigenvalue weighted by Crippen LogP contribution is 2.55. The summed E-state index contributed by atoms with van der Waals surface area (Å²) in [6, 6.07) is 9.80. The van der Waals surface area contributed by atoms with Crippen LogP contribution < -0.4 is 19.8 Å². The van der Waals surface area contributed by atoms with Crippen LogP contribution in [0.4, 0.5) is 15.9 Å². The predicted octanol–water partition coefficient (Wildman–Crippen LogP) is 2.51. The summed E-state index contributed by atoms with van der Waals surface area (Å²) in [6.45, 7) is 3.85. The van der Waals surface area contributed by atoms with E-state index in [-0.39, 0.29) is 22.9 Å². The number of anilines is 2. The fraction of sp³-hybridized carbons (Fsp3) is 0.571. The van der Waals surface area contributed by atoms with Gasteiger partial charge in [0.1, 0.15) is 22.2 Å². The molecule has 1 amide bonds. The lowest BCUT2D eigenvalue weighted by atomic mass is 9.52. The number of aliphatic hydroxyl groups is 1. The van der Waals surface area contributed by atoms with Crippen LogP contribution in [0.1, 0.15) is 49.5 Å². The molecule has 2 unspecified atom stereocenters. The number of pyridine rings is 1. The molecule has 39 heavy (non-hydrogen) atoms. The summed E-state index contributed by atoms with van der Waals surface area (Å²) >= 11 is 0. The van der Waals surface area contributed by atoms with Crippen molar-refractivity contribution < 1.29 is 22.7 Å². The monoisotopic (exact) mass is 557 g/mol. The number of hydrogen-bond acceptors (Lipinski definition) is 7. The minimum absolute atomic E-state index is 0.0264. The minimum atomic E-state index is -3.86. The molecule has 5 fully saturated rings. The van der Waals surface area contributed by atoms with Crippen LogP contribution in [0.2, 0.25) is 0 Å². The molecule has 0 spiro atoms. The van der Waals surface area contributed by atoms with E-state index in [0.717, 1.165) is 37.9 Å². The lowest BCUT2D eigenvalue weighted by Crippen LogP contribution is -2.61. The van der Waals surface area contributed by atoms with E-state index in [1.54, 1.807) is 12.1 Å². The van der Waals surface area contributed by atoms with Crippen molar-refractivity contribution in [3.63, 3.8) is 0 Å². The molecular formula is C28H36FN5O4S. The van der Waals surface area contributed by atoms with Crippen molar-refractivity contribution in [2.24, 2.45) is 17.8 Å². The average molecular weight is 558 g/mol. The van der Waals surface area contributed by atoms with Crippen molar-refractivity contribution >= 4 is 27.4 Å². The first-order valence-corrected chi connectivity index (χ1v) is 15.3. The number of amides is 1. The second-order valence-electron chi connectivity index (χ2n) is 11.9. The molecule has 4 bridgehead atoms. The standard InChI is InChI=1S/C28H36FN5O4S/c1-17-16-33(21-6-7-24(22(29)12-21)39(37,38)30-2)8-9-34(17)25-5-3-4-23(31-25)27(35)32-26-19-10-18-11-20(26)15-28(36,13-18)14-19/h3-7,12,17-20,26,30,36H,8-11,13-16H2,1-2H3,(H,32,35)/t17-,18?,19?,20?,26-,28-/m1/s1. The Hall–Kier alpha value is -2.76. The Labute approximate surface area is 228 Å². The smallest absolute Gasteiger partial charge is 0.270 e. The van der Waals surface area contributed by atoms with Crippen molar-refractivity contribution in [3.8, 4) is 0 Å². The number of rotatable bonds is 6. The number of nitrogens with one attached hydrogen (secondary N) is 2. The molecule has 3 atom stereocenters. The summed E-state index contributed by atoms with van der Waals surface area (Å²) in [4.78, 5) is 21.8. The molecule has 9 nitrogen and oxygen atoms in total. The quantitative estimate of drug-likeness (QED) is 0.500. The van der Waals surface area contributed by atoms with E-state index in [4.69, 9.17) is 4.98 Å². The van der Waals surface area contributed by atoms with Gasteiger partial charge in [-0.3, -0.25) is 4.79 Å². The van der Waals surface area contributed by atoms with E-state index in [1.807, 2.05) is 17.0 Å². The summed E-state index contributed by atoms with van der Waals surface area (Å²) in [5, 5.41) is 14.1. The molecular weight excluding hydrogens is 521 g/mol. The van der Waals surface area contributed by atoms with Crippen molar-refractivity contribution in [3.05, 3.63) is 47.9 Å². The Morgan fingerprint density at radius 1 is 1.13 bits per heavy atom. The number of sulfonamides is 1. The Balaban J connectivity index is 1.12. The molecule has 11 heteroatoms. The topological polar surface area (TPSA) is 115 Å². The normalized spacial score (nSPS) is 31.9. The second-order valence-corrected chi connectivity index (χ2v) is 13.7. The van der Waals surface area contributed by atoms with Crippen LogP contribution in [0.5, 0.6) is 0 Å². The van der Waals surface area contributed by atoms with Gasteiger partial charge in [-0.15, -0.1) is 0 Å². The molecule has 5 aliphatic rings. The summed E-state index contributed by atoms with van der Waals surface area (Å²) in [5.74, 6) is 1.01. The van der Waals surface area contributed by atoms with Gasteiger partial charge in [0.25, 0.3) is 5.91 Å². The maximum atomic E-state index is 14.6. The van der Waals surface area contributed by atoms with E-state index in [1.165, 1.54) is 19.2 Å². The molecule has 7 rings (SSSR count). The molecule has 4 aliphatic carbocycles. The van der Waals surface area contributed by atoms with Crippen LogP contribution in [0, 0.1) is 23.6 Å². The molecule has 1 saturated heterocycles. The Kier molecular flexibility index (Phi) is 6.59. The van der Waals surface area contributed by atoms with Crippen LogP contribution in [0.25, 0.3) is 0 Å². The fourth-order valence-corrected chi connectivity index (χ4v) is 8.48. The van der Waals surface area contributed by atoms with E-state index >= 15 is 0 Å². The predicted molar refractivity (Wildman–Crippen MR) is 146 cm³/mol. The van der Waals surface area contributed by atoms with Crippen molar-refractivity contribution in [1.29, 1.82) is 0 Å². The SMILES string of the molecule is CNS(=O)(=O)c1ccc(N2CCN(c3cccc(C(=O)N[C@H]4C5CC6CC4C[C@](O)(C6)C5)n3)[C@H](C)C2)cc1F. The molecule has 1 aromatic heterocycles. The Morgan fingerprint density at radius 3 is 2.51 bits per heavy atom. The maximum Gasteiger partial charge on any atom is 0.270 e. The molecule has 0 radical (unpaired) electrons. The van der Waals surface area contributed by atoms with E-state index in [0.29, 0.717) is 48.8 Å². The summed E-state index contributed by atoms with van der Waals surface area (Å²) in [5.41, 5.74) is 0.473. The fourth-order valence-electron chi connectivity index (χ4n) is 7.70. The average Bonchev–Trinajstić information content (AvgIpc) is 2.89. The van der Waals surface area contributed by atoms with Gasteiger partial charge in [0.15, 0.2) is 0 Å². The maximum absolute atomic E-state index is 14.6. The van der Waals surface area contributed by atoms with Gasteiger partial charge in [-0.05, 0) is 94.2 Å². The number of hydrogen-bond donors (Lipinski definition) is 3. The zero-order chi connectivity index (χ0) is 27.5. The minimum Gasteiger partial charge on any atom is -0.390 e. The van der Waals surface area contributed by atoms with E-state index in [2.05, 4.69) is 21.9 Å². The van der Waals surface area contributed by atoms with Gasteiger partial charge in [0, 0.05) is 37.4 Å². The third-order valence-electron chi connectivity index (χ3n) is 9.27. The highest BCUT2D eigenvalue weighted by atomic mass is 32.2. The molecule has 1 aromatic carbocycles. The third kappa shape index (κ3) is 4.89. The zero-order valence-electron chi connectivity index (χ0n) is 22.3. The lowest BCUT2D eigenvalue weighted by molar-refractivity contribution is -0.136. The molecule has 2 aromatic rings. The van der Waals surface area contributed by atoms with Crippen molar-refractivity contribution in [1.82, 2.24) is 15.0 Å². The highest BCUT2D eigenvalue weighted by Gasteiger charge is 2.55. The molecule has 2 heterocycles. The molecule has 4 saturated carbocycles. The number of aromatic nitrogens is 1. The third-order valence-corrected chi connectivity index (χ3v) is 10.7. The van der Waals surface area contributed by atoms with Gasteiger partial charge in [0.2, 0.25) is 10.0 Å². The molecule has 3 N–H and O–H groups in total. The van der Waals surface area contributed by atoms with Gasteiger partial charge in [-0.2, -0.15) is 0 Å². The zero-order valence-corrected chi connectivity index (χ0v) is 23.1. The van der Waals surface area contributed by atoms with Gasteiger partial charge < -0.3 is 20.2 Å². The van der Waals surface area contributed by atoms with Crippen molar-refractivity contribution in [2.75, 3.05) is 36.5 Å². The number of benzene rings is 1. The largest absolute Gasteiger partial charge is 0.390 e. The second kappa shape index (κ2) is 9.71. The van der Waals surface area contributed by atoms with Crippen LogP contribution in [-0.4, -0.2) is 68.8 Å². The summed E-state index contributed by atoms with van der Waals surface area (Å²) < 4.78 is 40.8. The van der Waals surface area contributed by atoms with Gasteiger partial charge in [-0.1, -0.05) is 6.07 Å². The first kappa shape index (κ1) is 26.5. The first-order chi connectivity index (χ1) is 18.5. The van der Waals surface area contributed by atoms with Crippen LogP contribution >= 0.6 is 0 Å². The number of halogens is 1. The first-order valence-electron chi connectivity index (χ1n) is 13.8. The van der Waals surface area contributed by atoms with E-state index in [9.17, 15) is 22.7 Å². The molecule has 210 valence electrons. The molecule has 1 aliphatic heterocycles.